The van der Waals surface area contributed by atoms with Gasteiger partial charge in [0.1, 0.15) is 17.5 Å². The lowest BCUT2D eigenvalue weighted by molar-refractivity contribution is 0.0705. The lowest BCUT2D eigenvalue weighted by Gasteiger charge is -2.27. The van der Waals surface area contributed by atoms with Crippen LogP contribution in [0.4, 0.5) is 0 Å². The Balaban J connectivity index is 1.57. The van der Waals surface area contributed by atoms with Crippen LogP contribution in [0.1, 0.15) is 34.6 Å². The number of nitrogens with zero attached hydrogens (tertiary/aromatic N) is 4. The van der Waals surface area contributed by atoms with Crippen LogP contribution in [0.25, 0.3) is 27.9 Å². The molecule has 0 bridgehead atoms. The first kappa shape index (κ1) is 18.6. The summed E-state index contributed by atoms with van der Waals surface area (Å²) in [7, 11) is 1.92. The van der Waals surface area contributed by atoms with E-state index in [0.29, 0.717) is 11.4 Å². The van der Waals surface area contributed by atoms with Crippen molar-refractivity contribution in [1.82, 2.24) is 14.5 Å². The number of fused-ring (bicyclic) bond motifs is 4. The topological polar surface area (TPSA) is 61.9 Å². The van der Waals surface area contributed by atoms with Crippen molar-refractivity contribution in [3.05, 3.63) is 96.1 Å². The summed E-state index contributed by atoms with van der Waals surface area (Å²) in [5.74, 6) is 0.0440. The van der Waals surface area contributed by atoms with Crippen molar-refractivity contribution in [2.24, 2.45) is 0 Å². The quantitative estimate of drug-likeness (QED) is 0.454. The molecule has 1 fully saturated rings. The zero-order chi connectivity index (χ0) is 21.9. The van der Waals surface area contributed by atoms with Gasteiger partial charge in [-0.3, -0.25) is 4.79 Å². The molecule has 2 aromatic heterocycles. The van der Waals surface area contributed by atoms with Crippen molar-refractivity contribution < 1.29 is 4.79 Å². The van der Waals surface area contributed by atoms with E-state index in [4.69, 9.17) is 5.26 Å². The van der Waals surface area contributed by atoms with Gasteiger partial charge in [0.25, 0.3) is 5.91 Å². The number of pyridine rings is 1. The number of hydrogen-bond acceptors (Lipinski definition) is 3. The first-order valence-electron chi connectivity index (χ1n) is 10.7. The zero-order valence-electron chi connectivity index (χ0n) is 17.6. The molecule has 3 heterocycles. The van der Waals surface area contributed by atoms with E-state index < -0.39 is 0 Å². The van der Waals surface area contributed by atoms with Gasteiger partial charge in [0.05, 0.1) is 11.2 Å². The number of amides is 1. The summed E-state index contributed by atoms with van der Waals surface area (Å²) in [6.07, 6.45) is 5.73. The minimum atomic E-state index is -0.236. The molecule has 1 aliphatic carbocycles. The van der Waals surface area contributed by atoms with Crippen LogP contribution in [0.5, 0.6) is 0 Å². The van der Waals surface area contributed by atoms with Gasteiger partial charge in [0.2, 0.25) is 0 Å². The van der Waals surface area contributed by atoms with E-state index in [1.165, 1.54) is 5.56 Å². The fourth-order valence-electron chi connectivity index (χ4n) is 4.82. The minimum absolute atomic E-state index is 0.0440. The van der Waals surface area contributed by atoms with E-state index in [0.717, 1.165) is 40.8 Å². The van der Waals surface area contributed by atoms with E-state index >= 15 is 0 Å². The lowest BCUT2D eigenvalue weighted by Crippen LogP contribution is -2.36. The van der Waals surface area contributed by atoms with Gasteiger partial charge in [-0.15, -0.1) is 0 Å². The number of carbonyl (C=O) groups is 1. The van der Waals surface area contributed by atoms with Crippen LogP contribution >= 0.6 is 0 Å². The van der Waals surface area contributed by atoms with E-state index in [9.17, 15) is 4.79 Å². The van der Waals surface area contributed by atoms with Gasteiger partial charge in [-0.05, 0) is 48.2 Å². The molecule has 0 atom stereocenters. The molecular formula is C27H20N4O. The molecule has 0 radical (unpaired) electrons. The molecule has 2 aromatic carbocycles. The van der Waals surface area contributed by atoms with E-state index in [1.54, 1.807) is 12.3 Å². The van der Waals surface area contributed by atoms with Crippen LogP contribution < -0.4 is 0 Å². The molecular weight excluding hydrogens is 396 g/mol. The summed E-state index contributed by atoms with van der Waals surface area (Å²) in [4.78, 5) is 19.6. The number of nitriles is 1. The second kappa shape index (κ2) is 6.66. The highest BCUT2D eigenvalue weighted by Crippen LogP contribution is 2.54. The van der Waals surface area contributed by atoms with Crippen LogP contribution in [-0.4, -0.2) is 27.4 Å². The van der Waals surface area contributed by atoms with Crippen molar-refractivity contribution in [3.8, 4) is 34.0 Å². The number of rotatable bonds is 2. The first-order chi connectivity index (χ1) is 15.6. The number of carbonyl (C=O) groups excluding carboxylic acids is 1. The number of hydrogen-bond donors (Lipinski definition) is 0. The summed E-state index contributed by atoms with van der Waals surface area (Å²) < 4.78 is 2.05. The first-order valence-corrected chi connectivity index (χ1v) is 10.7. The van der Waals surface area contributed by atoms with Crippen LogP contribution in [0.3, 0.4) is 0 Å². The Morgan fingerprint density at radius 2 is 1.72 bits per heavy atom. The van der Waals surface area contributed by atoms with Crippen LogP contribution in [0.15, 0.2) is 79.1 Å². The van der Waals surface area contributed by atoms with Gasteiger partial charge in [-0.2, -0.15) is 5.26 Å². The average molecular weight is 416 g/mol. The number of aromatic nitrogens is 2. The minimum Gasteiger partial charge on any atom is -0.331 e. The summed E-state index contributed by atoms with van der Waals surface area (Å²) in [6.45, 7) is 0. The molecule has 0 saturated heterocycles. The molecule has 1 saturated carbocycles. The Labute approximate surface area is 186 Å². The van der Waals surface area contributed by atoms with Crippen molar-refractivity contribution in [3.63, 3.8) is 0 Å². The highest BCUT2D eigenvalue weighted by Gasteiger charge is 2.53. The molecule has 32 heavy (non-hydrogen) atoms. The van der Waals surface area contributed by atoms with Crippen molar-refractivity contribution >= 4 is 5.91 Å². The Kier molecular flexibility index (Phi) is 3.87. The maximum Gasteiger partial charge on any atom is 0.271 e. The molecule has 2 aliphatic rings. The van der Waals surface area contributed by atoms with E-state index in [1.807, 2.05) is 46.8 Å². The molecule has 5 nitrogen and oxygen atoms in total. The van der Waals surface area contributed by atoms with Gasteiger partial charge in [-0.1, -0.05) is 42.5 Å². The third kappa shape index (κ3) is 2.63. The van der Waals surface area contributed by atoms with Crippen molar-refractivity contribution in [2.75, 3.05) is 7.05 Å². The smallest absolute Gasteiger partial charge is 0.271 e. The molecule has 0 N–H and O–H groups in total. The maximum atomic E-state index is 13.5. The largest absolute Gasteiger partial charge is 0.331 e. The molecule has 6 rings (SSSR count). The predicted octanol–water partition coefficient (Wildman–Crippen LogP) is 5.15. The predicted molar refractivity (Wildman–Crippen MR) is 122 cm³/mol. The second-order valence-electron chi connectivity index (χ2n) is 8.52. The third-order valence-corrected chi connectivity index (χ3v) is 6.79. The standard InChI is InChI=1S/C27H20N4O/c1-30-26(32)25-14-21(18-5-3-2-4-6-18)17-31(25)24-13-19(8-10-23(24)27(30)11-12-27)20-7-9-22(15-28)29-16-20/h2-10,13-14,16-17H,11-12H2,1H3. The highest BCUT2D eigenvalue weighted by molar-refractivity contribution is 5.97. The highest BCUT2D eigenvalue weighted by atomic mass is 16.2. The fourth-order valence-corrected chi connectivity index (χ4v) is 4.82. The van der Waals surface area contributed by atoms with Gasteiger partial charge >= 0.3 is 0 Å². The Morgan fingerprint density at radius 1 is 0.938 bits per heavy atom. The van der Waals surface area contributed by atoms with Gasteiger partial charge < -0.3 is 9.47 Å². The summed E-state index contributed by atoms with van der Waals surface area (Å²) in [6, 6.07) is 24.2. The normalized spacial score (nSPS) is 15.6. The third-order valence-electron chi connectivity index (χ3n) is 6.79. The molecule has 4 aromatic rings. The van der Waals surface area contributed by atoms with E-state index in [-0.39, 0.29) is 11.4 Å². The molecule has 1 spiro atoms. The number of benzene rings is 2. The summed E-state index contributed by atoms with van der Waals surface area (Å²) >= 11 is 0. The van der Waals surface area contributed by atoms with Crippen LogP contribution in [0, 0.1) is 11.3 Å². The van der Waals surface area contributed by atoms with Gasteiger partial charge in [0.15, 0.2) is 0 Å². The van der Waals surface area contributed by atoms with Crippen LogP contribution in [-0.2, 0) is 5.54 Å². The molecule has 0 unspecified atom stereocenters. The Morgan fingerprint density at radius 3 is 2.41 bits per heavy atom. The molecule has 5 heteroatoms. The summed E-state index contributed by atoms with van der Waals surface area (Å²) in [5, 5.41) is 9.06. The zero-order valence-corrected chi connectivity index (χ0v) is 17.6. The van der Waals surface area contributed by atoms with E-state index in [2.05, 4.69) is 47.6 Å². The Hall–Kier alpha value is -4.17. The van der Waals surface area contributed by atoms with Gasteiger partial charge in [0, 0.05) is 36.1 Å². The molecule has 154 valence electrons. The van der Waals surface area contributed by atoms with Crippen LogP contribution in [0.2, 0.25) is 0 Å². The summed E-state index contributed by atoms with van der Waals surface area (Å²) in [5.41, 5.74) is 7.09. The lowest BCUT2D eigenvalue weighted by atomic mass is 9.97. The second-order valence-corrected chi connectivity index (χ2v) is 8.52. The molecule has 1 amide bonds. The van der Waals surface area contributed by atoms with Gasteiger partial charge in [-0.25, -0.2) is 4.98 Å². The molecule has 1 aliphatic heterocycles. The SMILES string of the molecule is CN1C(=O)c2cc(-c3ccccc3)cn2-c2cc(-c3ccc(C#N)nc3)ccc2C12CC2. The maximum absolute atomic E-state index is 13.5. The van der Waals surface area contributed by atoms with Crippen molar-refractivity contribution in [2.45, 2.75) is 18.4 Å². The Bertz CT molecular complexity index is 1410. The monoisotopic (exact) mass is 416 g/mol. The van der Waals surface area contributed by atoms with Crippen molar-refractivity contribution in [1.29, 1.82) is 5.26 Å². The average Bonchev–Trinajstić information content (AvgIpc) is 3.55. The fraction of sp³-hybridized carbons (Fsp3) is 0.148.